The third-order valence-corrected chi connectivity index (χ3v) is 14.2. The van der Waals surface area contributed by atoms with Gasteiger partial charge in [-0.3, -0.25) is 4.79 Å². The molecule has 4 aliphatic carbocycles. The molecule has 10 atom stereocenters. The summed E-state index contributed by atoms with van der Waals surface area (Å²) in [7, 11) is 4.94. The van der Waals surface area contributed by atoms with Gasteiger partial charge in [0.25, 0.3) is 0 Å². The van der Waals surface area contributed by atoms with Gasteiger partial charge >= 0.3 is 5.97 Å². The number of fused-ring (bicyclic) bond motifs is 5. The van der Waals surface area contributed by atoms with Crippen molar-refractivity contribution in [2.24, 2.45) is 34.5 Å². The van der Waals surface area contributed by atoms with Gasteiger partial charge in [-0.05, 0) is 99.7 Å². The monoisotopic (exact) mass is 530 g/mol. The van der Waals surface area contributed by atoms with Crippen LogP contribution in [-0.2, 0) is 9.53 Å². The average molecular weight is 531 g/mol. The summed E-state index contributed by atoms with van der Waals surface area (Å²) in [5.41, 5.74) is 0.421. The van der Waals surface area contributed by atoms with Crippen LogP contribution < -0.4 is 0 Å². The van der Waals surface area contributed by atoms with E-state index in [1.165, 1.54) is 103 Å². The number of aliphatic hydroxyl groups is 1. The fraction of sp³-hybridized carbons (Fsp3) is 0.970. The van der Waals surface area contributed by atoms with Crippen molar-refractivity contribution in [1.82, 2.24) is 0 Å². The normalized spacial score (nSPS) is 49.8. The van der Waals surface area contributed by atoms with Crippen molar-refractivity contribution in [3.8, 4) is 0 Å². The number of nitrogens with zero attached hydrogens (tertiary/aromatic N) is 2. The van der Waals surface area contributed by atoms with Crippen LogP contribution in [0.5, 0.6) is 0 Å². The zero-order valence-corrected chi connectivity index (χ0v) is 25.3. The van der Waals surface area contributed by atoms with Crippen molar-refractivity contribution in [2.45, 2.75) is 129 Å². The number of carbonyl (C=O) groups is 1. The molecule has 0 radical (unpaired) electrons. The van der Waals surface area contributed by atoms with Crippen molar-refractivity contribution >= 4 is 5.97 Å². The molecule has 2 aliphatic heterocycles. The Bertz CT molecular complexity index is 895. The average Bonchev–Trinajstić information content (AvgIpc) is 3.16. The number of rotatable bonds is 3. The van der Waals surface area contributed by atoms with E-state index >= 15 is 0 Å². The molecule has 5 nitrogen and oxygen atoms in total. The zero-order chi connectivity index (χ0) is 26.9. The minimum absolute atomic E-state index is 0.0836. The molecule has 5 heteroatoms. The predicted octanol–water partition coefficient (Wildman–Crippen LogP) is 5.54. The lowest BCUT2D eigenvalue weighted by molar-refractivity contribution is -0.943. The number of ether oxygens (including phenoxy) is 1. The molecule has 0 aromatic rings. The lowest BCUT2D eigenvalue weighted by Crippen LogP contribution is -2.66. The molecule has 0 aromatic heterocycles. The van der Waals surface area contributed by atoms with Crippen molar-refractivity contribution in [3.05, 3.63) is 0 Å². The Kier molecular flexibility index (Phi) is 7.04. The van der Waals surface area contributed by atoms with E-state index in [2.05, 4.69) is 27.9 Å². The highest BCUT2D eigenvalue weighted by Gasteiger charge is 2.66. The van der Waals surface area contributed by atoms with Crippen LogP contribution in [0.15, 0.2) is 0 Å². The van der Waals surface area contributed by atoms with Crippen LogP contribution in [0.3, 0.4) is 0 Å². The summed E-state index contributed by atoms with van der Waals surface area (Å²) < 4.78 is 8.38. The van der Waals surface area contributed by atoms with Crippen LogP contribution in [0.25, 0.3) is 0 Å². The van der Waals surface area contributed by atoms with Gasteiger partial charge in [0, 0.05) is 25.2 Å². The van der Waals surface area contributed by atoms with E-state index < -0.39 is 0 Å². The van der Waals surface area contributed by atoms with Crippen molar-refractivity contribution < 1.29 is 23.6 Å². The lowest BCUT2D eigenvalue weighted by atomic mass is 9.44. The van der Waals surface area contributed by atoms with Gasteiger partial charge in [-0.1, -0.05) is 13.8 Å². The van der Waals surface area contributed by atoms with Gasteiger partial charge in [-0.25, -0.2) is 0 Å². The van der Waals surface area contributed by atoms with Crippen molar-refractivity contribution in [2.75, 3.05) is 40.3 Å². The van der Waals surface area contributed by atoms with Gasteiger partial charge in [-0.15, -0.1) is 0 Å². The number of aliphatic hydroxyl groups excluding tert-OH is 1. The first-order valence-corrected chi connectivity index (χ1v) is 16.5. The quantitative estimate of drug-likeness (QED) is 0.385. The number of esters is 1. The summed E-state index contributed by atoms with van der Waals surface area (Å²) >= 11 is 0. The van der Waals surface area contributed by atoms with E-state index in [9.17, 15) is 9.90 Å². The standard InChI is InChI=1S/C33H58N2O3/c1-23(36)38-30-20-24-12-13-25-26(33(24,3)22-29(30)35(5)18-10-7-11-19-35)14-15-32(2)27(25)21-28(31(32)37)34(4)16-8-6-9-17-34/h24-31,37H,6-22H2,1-5H3/q+2/t24-,25?,26?,27?,28-,29-,30-,31-,32-,33-/m0/s1. The van der Waals surface area contributed by atoms with Gasteiger partial charge in [0.15, 0.2) is 6.10 Å². The van der Waals surface area contributed by atoms with Gasteiger partial charge < -0.3 is 18.8 Å². The van der Waals surface area contributed by atoms with Gasteiger partial charge in [-0.2, -0.15) is 0 Å². The maximum absolute atomic E-state index is 12.2. The highest BCUT2D eigenvalue weighted by Crippen LogP contribution is 2.67. The maximum atomic E-state index is 12.2. The second-order valence-electron chi connectivity index (χ2n) is 16.1. The number of hydrogen-bond acceptors (Lipinski definition) is 3. The Labute approximate surface area is 232 Å². The lowest BCUT2D eigenvalue weighted by Gasteiger charge is -2.63. The van der Waals surface area contributed by atoms with E-state index in [1.54, 1.807) is 6.92 Å². The van der Waals surface area contributed by atoms with E-state index in [4.69, 9.17) is 4.74 Å². The Morgan fingerprint density at radius 3 is 2.00 bits per heavy atom. The largest absolute Gasteiger partial charge is 0.456 e. The molecule has 6 aliphatic rings. The van der Waals surface area contributed by atoms with Crippen LogP contribution in [0.2, 0.25) is 0 Å². The second kappa shape index (κ2) is 9.72. The van der Waals surface area contributed by atoms with Gasteiger partial charge in [0.05, 0.1) is 40.3 Å². The van der Waals surface area contributed by atoms with E-state index in [1.807, 2.05) is 0 Å². The maximum Gasteiger partial charge on any atom is 0.303 e. The number of hydrogen-bond donors (Lipinski definition) is 1. The molecular formula is C33H58N2O3+2. The van der Waals surface area contributed by atoms with Crippen molar-refractivity contribution in [3.63, 3.8) is 0 Å². The van der Waals surface area contributed by atoms with Crippen LogP contribution in [0, 0.1) is 34.5 Å². The molecule has 0 amide bonds. The molecule has 216 valence electrons. The van der Waals surface area contributed by atoms with E-state index in [0.717, 1.165) is 27.2 Å². The molecule has 1 N–H and O–H groups in total. The van der Waals surface area contributed by atoms with Gasteiger partial charge in [0.2, 0.25) is 0 Å². The zero-order valence-electron chi connectivity index (χ0n) is 25.3. The second-order valence-corrected chi connectivity index (χ2v) is 16.1. The highest BCUT2D eigenvalue weighted by molar-refractivity contribution is 5.66. The summed E-state index contributed by atoms with van der Waals surface area (Å²) in [6.07, 6.45) is 16.5. The Hall–Kier alpha value is -0.650. The highest BCUT2D eigenvalue weighted by atomic mass is 16.5. The molecule has 2 heterocycles. The number of piperidine rings is 2. The topological polar surface area (TPSA) is 46.5 Å². The minimum Gasteiger partial charge on any atom is -0.456 e. The van der Waals surface area contributed by atoms with Crippen molar-refractivity contribution in [1.29, 1.82) is 0 Å². The molecule has 2 saturated heterocycles. The first-order valence-electron chi connectivity index (χ1n) is 16.5. The number of likely N-dealkylation sites (N-methyl/N-ethyl adjacent to an activating group) is 2. The SMILES string of the molecule is CC(=O)O[C@H]1C[C@@H]2CCC3C4C[C@H]([N+]5(C)CCCCC5)[C@H](O)[C@@]4(C)CCC3[C@@]2(C)C[C@@H]1[N+]1(C)CCCCC1. The van der Waals surface area contributed by atoms with E-state index in [-0.39, 0.29) is 23.6 Å². The number of likely N-dealkylation sites (tertiary alicyclic amines) is 2. The number of quaternary nitrogens is 2. The molecule has 6 fully saturated rings. The van der Waals surface area contributed by atoms with E-state index in [0.29, 0.717) is 29.3 Å². The minimum atomic E-state index is -0.146. The summed E-state index contributed by atoms with van der Waals surface area (Å²) in [6, 6.07) is 0.868. The fourth-order valence-corrected chi connectivity index (χ4v) is 11.9. The molecular weight excluding hydrogens is 472 g/mol. The first-order chi connectivity index (χ1) is 18.0. The van der Waals surface area contributed by atoms with Crippen LogP contribution >= 0.6 is 0 Å². The summed E-state index contributed by atoms with van der Waals surface area (Å²) in [6.45, 7) is 11.7. The smallest absolute Gasteiger partial charge is 0.303 e. The molecule has 0 spiro atoms. The molecule has 0 bridgehead atoms. The van der Waals surface area contributed by atoms with Gasteiger partial charge in [0.1, 0.15) is 18.2 Å². The summed E-state index contributed by atoms with van der Waals surface area (Å²) in [5.74, 6) is 2.76. The Morgan fingerprint density at radius 2 is 1.39 bits per heavy atom. The first kappa shape index (κ1) is 27.5. The van der Waals surface area contributed by atoms with Crippen LogP contribution in [-0.4, -0.2) is 84.6 Å². The molecule has 3 unspecified atom stereocenters. The van der Waals surface area contributed by atoms with Crippen LogP contribution in [0.4, 0.5) is 0 Å². The fourth-order valence-electron chi connectivity index (χ4n) is 11.9. The number of carbonyl (C=O) groups excluding carboxylic acids is 1. The molecule has 4 saturated carbocycles. The molecule has 38 heavy (non-hydrogen) atoms. The third-order valence-electron chi connectivity index (χ3n) is 14.2. The molecule has 0 aromatic carbocycles. The summed E-state index contributed by atoms with van der Waals surface area (Å²) in [5, 5.41) is 11.9. The predicted molar refractivity (Wildman–Crippen MR) is 151 cm³/mol. The summed E-state index contributed by atoms with van der Waals surface area (Å²) in [4.78, 5) is 12.2. The molecule has 6 rings (SSSR count). The third kappa shape index (κ3) is 4.23. The van der Waals surface area contributed by atoms with Crippen LogP contribution in [0.1, 0.15) is 104 Å². The Morgan fingerprint density at radius 1 is 0.789 bits per heavy atom. The Balaban J connectivity index is 1.28.